The predicted octanol–water partition coefficient (Wildman–Crippen LogP) is 6.23. The van der Waals surface area contributed by atoms with Crippen LogP contribution in [-0.2, 0) is 13.0 Å². The number of nitrogens with one attached hydrogen (secondary N) is 1. The molecule has 7 heteroatoms. The molecule has 2 amide bonds. The molecular weight excluding hydrogens is 498 g/mol. The van der Waals surface area contributed by atoms with Gasteiger partial charge in [0.05, 0.1) is 36.3 Å². The van der Waals surface area contributed by atoms with Crippen LogP contribution < -0.4 is 10.1 Å². The predicted molar refractivity (Wildman–Crippen MR) is 156 cm³/mol. The molecule has 0 aliphatic carbocycles. The third-order valence-electron chi connectivity index (χ3n) is 7.37. The number of hydrogen-bond donors (Lipinski definition) is 1. The second kappa shape index (κ2) is 11.1. The van der Waals surface area contributed by atoms with E-state index >= 15 is 0 Å². The Morgan fingerprint density at radius 2 is 1.75 bits per heavy atom. The fourth-order valence-electron chi connectivity index (χ4n) is 5.50. The average Bonchev–Trinajstić information content (AvgIpc) is 3.54. The zero-order chi connectivity index (χ0) is 27.5. The molecule has 1 atom stereocenters. The van der Waals surface area contributed by atoms with Crippen molar-refractivity contribution in [2.24, 2.45) is 0 Å². The third-order valence-corrected chi connectivity index (χ3v) is 7.37. The minimum absolute atomic E-state index is 0.116. The number of amides is 2. The van der Waals surface area contributed by atoms with Gasteiger partial charge in [-0.2, -0.15) is 5.10 Å². The van der Waals surface area contributed by atoms with Crippen molar-refractivity contribution in [3.05, 3.63) is 131 Å². The molecule has 3 heterocycles. The second-order valence-electron chi connectivity index (χ2n) is 9.94. The Balaban J connectivity index is 1.44. The first kappa shape index (κ1) is 25.5. The third kappa shape index (κ3) is 4.86. The van der Waals surface area contributed by atoms with E-state index in [0.29, 0.717) is 19.7 Å². The number of para-hydroxylation sites is 1. The molecule has 7 nitrogen and oxygen atoms in total. The maximum absolute atomic E-state index is 14.0. The van der Waals surface area contributed by atoms with E-state index in [1.807, 2.05) is 84.1 Å². The highest BCUT2D eigenvalue weighted by Gasteiger charge is 2.36. The Kier molecular flexibility index (Phi) is 7.10. The summed E-state index contributed by atoms with van der Waals surface area (Å²) >= 11 is 0. The molecule has 6 rings (SSSR count). The summed E-state index contributed by atoms with van der Waals surface area (Å²) in [4.78, 5) is 15.9. The molecule has 0 saturated heterocycles. The number of carbonyl (C=O) groups excluding carboxylic acids is 1. The summed E-state index contributed by atoms with van der Waals surface area (Å²) in [5, 5.41) is 8.13. The number of benzene rings is 3. The molecule has 0 saturated carbocycles. The Bertz CT molecular complexity index is 1610. The van der Waals surface area contributed by atoms with E-state index in [1.165, 1.54) is 5.56 Å². The van der Waals surface area contributed by atoms with Crippen molar-refractivity contribution in [2.75, 3.05) is 13.2 Å². The number of aromatic nitrogens is 3. The molecule has 1 aliphatic rings. The Labute approximate surface area is 234 Å². The molecule has 0 bridgehead atoms. The number of aryl methyl sites for hydroxylation is 1. The lowest BCUT2D eigenvalue weighted by atomic mass is 10.0. The van der Waals surface area contributed by atoms with Crippen LogP contribution in [0, 0.1) is 6.92 Å². The highest BCUT2D eigenvalue weighted by molar-refractivity contribution is 5.76. The van der Waals surface area contributed by atoms with E-state index in [1.54, 1.807) is 0 Å². The second-order valence-corrected chi connectivity index (χ2v) is 9.94. The summed E-state index contributed by atoms with van der Waals surface area (Å²) in [7, 11) is 0. The van der Waals surface area contributed by atoms with Gasteiger partial charge in [0.15, 0.2) is 0 Å². The summed E-state index contributed by atoms with van der Waals surface area (Å²) in [5.74, 6) is 1.74. The molecule has 0 unspecified atom stereocenters. The maximum atomic E-state index is 14.0. The van der Waals surface area contributed by atoms with E-state index < -0.39 is 0 Å². The summed E-state index contributed by atoms with van der Waals surface area (Å²) in [6, 6.07) is 32.1. The average molecular weight is 532 g/mol. The SMILES string of the molecule is CCOc1cccc([C@@H]2c3cccn3-c3c(c(C)nn3-c3ccccc3)CN2C(=O)NCCc2ccccc2)c1. The van der Waals surface area contributed by atoms with Gasteiger partial charge in [0.1, 0.15) is 11.6 Å². The zero-order valence-corrected chi connectivity index (χ0v) is 22.8. The van der Waals surface area contributed by atoms with E-state index in [2.05, 4.69) is 52.5 Å². The van der Waals surface area contributed by atoms with Gasteiger partial charge in [-0.15, -0.1) is 0 Å². The topological polar surface area (TPSA) is 64.3 Å². The van der Waals surface area contributed by atoms with E-state index in [9.17, 15) is 4.79 Å². The summed E-state index contributed by atoms with van der Waals surface area (Å²) in [6.45, 7) is 5.52. The normalized spacial score (nSPS) is 14.2. The van der Waals surface area contributed by atoms with E-state index in [0.717, 1.165) is 46.2 Å². The van der Waals surface area contributed by atoms with Crippen LogP contribution in [-0.4, -0.2) is 38.4 Å². The van der Waals surface area contributed by atoms with Gasteiger partial charge in [0.2, 0.25) is 0 Å². The highest BCUT2D eigenvalue weighted by atomic mass is 16.5. The van der Waals surface area contributed by atoms with Crippen LogP contribution in [0.3, 0.4) is 0 Å². The van der Waals surface area contributed by atoms with Crippen molar-refractivity contribution >= 4 is 6.03 Å². The first-order valence-electron chi connectivity index (χ1n) is 13.8. The summed E-state index contributed by atoms with van der Waals surface area (Å²) in [6.07, 6.45) is 2.82. The van der Waals surface area contributed by atoms with Crippen LogP contribution >= 0.6 is 0 Å². The Morgan fingerprint density at radius 3 is 2.52 bits per heavy atom. The van der Waals surface area contributed by atoms with Crippen molar-refractivity contribution in [1.82, 2.24) is 24.6 Å². The van der Waals surface area contributed by atoms with Crippen molar-refractivity contribution in [3.63, 3.8) is 0 Å². The first-order valence-corrected chi connectivity index (χ1v) is 13.8. The van der Waals surface area contributed by atoms with E-state index in [4.69, 9.17) is 9.84 Å². The van der Waals surface area contributed by atoms with Gasteiger partial charge in [-0.25, -0.2) is 9.48 Å². The van der Waals surface area contributed by atoms with Gasteiger partial charge in [-0.3, -0.25) is 0 Å². The van der Waals surface area contributed by atoms with Gasteiger partial charge < -0.3 is 19.5 Å². The number of ether oxygens (including phenoxy) is 1. The Hall–Kier alpha value is -4.78. The number of nitrogens with zero attached hydrogens (tertiary/aromatic N) is 4. The Morgan fingerprint density at radius 1 is 0.975 bits per heavy atom. The molecule has 0 radical (unpaired) electrons. The lowest BCUT2D eigenvalue weighted by Crippen LogP contribution is -2.42. The van der Waals surface area contributed by atoms with Crippen molar-refractivity contribution in [1.29, 1.82) is 0 Å². The zero-order valence-electron chi connectivity index (χ0n) is 22.8. The van der Waals surface area contributed by atoms with Crippen molar-refractivity contribution in [3.8, 4) is 17.3 Å². The summed E-state index contributed by atoms with van der Waals surface area (Å²) < 4.78 is 10.0. The minimum Gasteiger partial charge on any atom is -0.494 e. The maximum Gasteiger partial charge on any atom is 0.318 e. The van der Waals surface area contributed by atoms with Crippen LogP contribution in [0.4, 0.5) is 4.79 Å². The van der Waals surface area contributed by atoms with E-state index in [-0.39, 0.29) is 12.1 Å². The minimum atomic E-state index is -0.330. The smallest absolute Gasteiger partial charge is 0.318 e. The number of rotatable bonds is 7. The number of carbonyl (C=O) groups is 1. The molecule has 2 aromatic heterocycles. The fraction of sp³-hybridized carbons (Fsp3) is 0.212. The molecule has 1 N–H and O–H groups in total. The van der Waals surface area contributed by atoms with Crippen LogP contribution in [0.15, 0.2) is 103 Å². The highest BCUT2D eigenvalue weighted by Crippen LogP contribution is 2.39. The van der Waals surface area contributed by atoms with Crippen molar-refractivity contribution in [2.45, 2.75) is 32.9 Å². The molecule has 0 spiro atoms. The molecule has 5 aromatic rings. The fourth-order valence-corrected chi connectivity index (χ4v) is 5.50. The lowest BCUT2D eigenvalue weighted by molar-refractivity contribution is 0.180. The van der Waals surface area contributed by atoms with Crippen LogP contribution in [0.1, 0.15) is 41.0 Å². The van der Waals surface area contributed by atoms with Gasteiger partial charge in [-0.1, -0.05) is 60.7 Å². The van der Waals surface area contributed by atoms with Crippen LogP contribution in [0.5, 0.6) is 5.75 Å². The van der Waals surface area contributed by atoms with Gasteiger partial charge in [0, 0.05) is 18.3 Å². The molecule has 3 aromatic carbocycles. The number of hydrogen-bond acceptors (Lipinski definition) is 3. The molecule has 1 aliphatic heterocycles. The molecule has 202 valence electrons. The van der Waals surface area contributed by atoms with Gasteiger partial charge >= 0.3 is 6.03 Å². The number of fused-ring (bicyclic) bond motifs is 3. The van der Waals surface area contributed by atoms with Crippen LogP contribution in [0.2, 0.25) is 0 Å². The van der Waals surface area contributed by atoms with Gasteiger partial charge in [0.25, 0.3) is 0 Å². The molecule has 40 heavy (non-hydrogen) atoms. The van der Waals surface area contributed by atoms with Gasteiger partial charge in [-0.05, 0) is 67.8 Å². The standard InChI is InChI=1S/C33H33N5O2/c1-3-40-28-17-10-14-26(22-28)31-30-18-11-21-36(30)32-29(24(2)35-38(32)27-15-8-5-9-16-27)23-37(31)33(39)34-20-19-25-12-6-4-7-13-25/h4-18,21-22,31H,3,19-20,23H2,1-2H3,(H,34,39)/t31-/m1/s1. The number of urea groups is 1. The largest absolute Gasteiger partial charge is 0.494 e. The molecular formula is C33H33N5O2. The lowest BCUT2D eigenvalue weighted by Gasteiger charge is -2.31. The molecule has 0 fully saturated rings. The summed E-state index contributed by atoms with van der Waals surface area (Å²) in [5.41, 5.74) is 6.05. The first-order chi connectivity index (χ1) is 19.6. The van der Waals surface area contributed by atoms with Crippen molar-refractivity contribution < 1.29 is 9.53 Å². The monoisotopic (exact) mass is 531 g/mol. The quantitative estimate of drug-likeness (QED) is 0.271. The van der Waals surface area contributed by atoms with Crippen LogP contribution in [0.25, 0.3) is 11.5 Å².